The second-order valence-electron chi connectivity index (χ2n) is 6.74. The molecule has 2 N–H and O–H groups in total. The molecule has 2 aromatic rings. The van der Waals surface area contributed by atoms with Crippen LogP contribution < -0.4 is 10.3 Å². The van der Waals surface area contributed by atoms with Gasteiger partial charge < -0.3 is 5.11 Å². The Kier molecular flexibility index (Phi) is 7.15. The molecule has 0 saturated carbocycles. The Hall–Kier alpha value is -2.30. The number of nitrogens with one attached hydrogen (secondary N) is 1. The maximum Gasteiger partial charge on any atom is 0.267 e. The van der Waals surface area contributed by atoms with Gasteiger partial charge in [-0.1, -0.05) is 0 Å². The van der Waals surface area contributed by atoms with Crippen LogP contribution in [0.15, 0.2) is 38.9 Å². The van der Waals surface area contributed by atoms with Gasteiger partial charge in [0, 0.05) is 19.1 Å². The average molecular weight is 439 g/mol. The van der Waals surface area contributed by atoms with E-state index >= 15 is 0 Å². The first-order valence-corrected chi connectivity index (χ1v) is 11.2. The zero-order chi connectivity index (χ0) is 21.9. The van der Waals surface area contributed by atoms with Gasteiger partial charge >= 0.3 is 0 Å². The fourth-order valence-corrected chi connectivity index (χ4v) is 4.58. The van der Waals surface area contributed by atoms with Gasteiger partial charge in [-0.15, -0.1) is 0 Å². The Morgan fingerprint density at radius 2 is 1.72 bits per heavy atom. The van der Waals surface area contributed by atoms with Gasteiger partial charge in [-0.05, 0) is 71.1 Å². The summed E-state index contributed by atoms with van der Waals surface area (Å²) in [6.07, 6.45) is 0. The van der Waals surface area contributed by atoms with Crippen molar-refractivity contribution in [2.75, 3.05) is 0 Å². The SMILES string of the molecule is CCn1c(O)c(C(C)=Nc2ccc(S(=O)(=O)NC(C)C)cc2)c(=O)n(CC)c1=S. The standard InChI is InChI=1S/C19H26N4O4S2/c1-6-22-17(24)16(18(25)23(7-2)19(22)28)13(5)20-14-8-10-15(11-9-14)29(26,27)21-12(3)4/h8-12,21,24H,6-7H2,1-5H3. The van der Waals surface area contributed by atoms with E-state index in [4.69, 9.17) is 12.2 Å². The molecule has 0 radical (unpaired) electrons. The quantitative estimate of drug-likeness (QED) is 0.511. The number of nitrogens with zero attached hydrogens (tertiary/aromatic N) is 3. The molecular formula is C19H26N4O4S2. The van der Waals surface area contributed by atoms with E-state index in [0.717, 1.165) is 0 Å². The first-order chi connectivity index (χ1) is 13.5. The molecule has 10 heteroatoms. The summed E-state index contributed by atoms with van der Waals surface area (Å²) in [4.78, 5) is 17.3. The minimum Gasteiger partial charge on any atom is -0.494 e. The summed E-state index contributed by atoms with van der Waals surface area (Å²) in [5.74, 6) is -0.228. The second kappa shape index (κ2) is 9.02. The predicted molar refractivity (Wildman–Crippen MR) is 116 cm³/mol. The Morgan fingerprint density at radius 3 is 2.21 bits per heavy atom. The third-order valence-corrected chi connectivity index (χ3v) is 6.34. The van der Waals surface area contributed by atoms with Crippen LogP contribution in [0.4, 0.5) is 5.69 Å². The van der Waals surface area contributed by atoms with E-state index in [1.165, 1.54) is 21.3 Å². The lowest BCUT2D eigenvalue weighted by atomic mass is 10.2. The molecular weight excluding hydrogens is 412 g/mol. The van der Waals surface area contributed by atoms with Crippen LogP contribution in [0.2, 0.25) is 0 Å². The number of rotatable bonds is 7. The third kappa shape index (κ3) is 4.82. The number of aliphatic imine (C=N–C) groups is 1. The lowest BCUT2D eigenvalue weighted by Gasteiger charge is -2.15. The molecule has 0 bridgehead atoms. The monoisotopic (exact) mass is 438 g/mol. The molecule has 8 nitrogen and oxygen atoms in total. The van der Waals surface area contributed by atoms with E-state index in [1.54, 1.807) is 39.8 Å². The molecule has 1 aromatic carbocycles. The Bertz CT molecular complexity index is 1140. The second-order valence-corrected chi connectivity index (χ2v) is 8.82. The molecule has 2 rings (SSSR count). The van der Waals surface area contributed by atoms with Crippen molar-refractivity contribution in [3.8, 4) is 5.88 Å². The van der Waals surface area contributed by atoms with Crippen molar-refractivity contribution >= 4 is 33.6 Å². The van der Waals surface area contributed by atoms with Gasteiger partial charge in [-0.2, -0.15) is 0 Å². The van der Waals surface area contributed by atoms with Crippen LogP contribution in [0.5, 0.6) is 5.88 Å². The summed E-state index contributed by atoms with van der Waals surface area (Å²) in [5.41, 5.74) is 0.419. The Morgan fingerprint density at radius 1 is 1.17 bits per heavy atom. The van der Waals surface area contributed by atoms with E-state index < -0.39 is 15.6 Å². The molecule has 0 unspecified atom stereocenters. The molecule has 0 atom stereocenters. The van der Waals surface area contributed by atoms with Crippen LogP contribution >= 0.6 is 12.2 Å². The maximum absolute atomic E-state index is 12.8. The van der Waals surface area contributed by atoms with Crippen molar-refractivity contribution in [2.24, 2.45) is 4.99 Å². The van der Waals surface area contributed by atoms with Gasteiger partial charge in [0.25, 0.3) is 5.56 Å². The summed E-state index contributed by atoms with van der Waals surface area (Å²) in [6, 6.07) is 5.76. The minimum absolute atomic E-state index is 0.0699. The highest BCUT2D eigenvalue weighted by atomic mass is 32.2. The van der Waals surface area contributed by atoms with Crippen molar-refractivity contribution in [2.45, 2.75) is 58.6 Å². The molecule has 158 valence electrons. The number of aromatic nitrogens is 2. The third-order valence-electron chi connectivity index (χ3n) is 4.23. The van der Waals surface area contributed by atoms with Gasteiger partial charge in [-0.25, -0.2) is 13.1 Å². The normalized spacial score (nSPS) is 12.6. The van der Waals surface area contributed by atoms with E-state index in [9.17, 15) is 18.3 Å². The first kappa shape index (κ1) is 23.0. The smallest absolute Gasteiger partial charge is 0.267 e. The summed E-state index contributed by atoms with van der Waals surface area (Å²) in [6.45, 7) is 9.49. The molecule has 0 aliphatic carbocycles. The van der Waals surface area contributed by atoms with E-state index in [2.05, 4.69) is 9.71 Å². The summed E-state index contributed by atoms with van der Waals surface area (Å²) in [5, 5.41) is 10.6. The fourth-order valence-electron chi connectivity index (χ4n) is 2.90. The van der Waals surface area contributed by atoms with E-state index in [0.29, 0.717) is 24.5 Å². The van der Waals surface area contributed by atoms with Crippen LogP contribution in [0.25, 0.3) is 0 Å². The van der Waals surface area contributed by atoms with Gasteiger partial charge in [-0.3, -0.25) is 18.9 Å². The summed E-state index contributed by atoms with van der Waals surface area (Å²) >= 11 is 5.28. The van der Waals surface area contributed by atoms with Crippen molar-refractivity contribution in [3.63, 3.8) is 0 Å². The van der Waals surface area contributed by atoms with Gasteiger partial charge in [0.15, 0.2) is 4.77 Å². The Balaban J connectivity index is 2.52. The highest BCUT2D eigenvalue weighted by molar-refractivity contribution is 7.89. The van der Waals surface area contributed by atoms with Crippen molar-refractivity contribution < 1.29 is 13.5 Å². The fraction of sp³-hybridized carbons (Fsp3) is 0.421. The van der Waals surface area contributed by atoms with E-state index in [-0.39, 0.29) is 27.2 Å². The molecule has 0 fully saturated rings. The zero-order valence-corrected chi connectivity index (χ0v) is 18.8. The number of hydrogen-bond donors (Lipinski definition) is 2. The average Bonchev–Trinajstić information content (AvgIpc) is 2.61. The van der Waals surface area contributed by atoms with Crippen LogP contribution in [0.1, 0.15) is 40.2 Å². The van der Waals surface area contributed by atoms with Crippen LogP contribution in [0, 0.1) is 4.77 Å². The first-order valence-electron chi connectivity index (χ1n) is 9.28. The molecule has 29 heavy (non-hydrogen) atoms. The minimum atomic E-state index is -3.60. The van der Waals surface area contributed by atoms with Gasteiger partial charge in [0.1, 0.15) is 5.56 Å². The molecule has 0 saturated heterocycles. The molecule has 0 amide bonds. The van der Waals surface area contributed by atoms with Gasteiger partial charge in [0.05, 0.1) is 16.3 Å². The summed E-state index contributed by atoms with van der Waals surface area (Å²) in [7, 11) is -3.60. The highest BCUT2D eigenvalue weighted by Gasteiger charge is 2.18. The number of benzene rings is 1. The molecule has 1 aromatic heterocycles. The molecule has 0 aliphatic rings. The molecule has 0 spiro atoms. The van der Waals surface area contributed by atoms with Crippen molar-refractivity contribution in [1.29, 1.82) is 0 Å². The van der Waals surface area contributed by atoms with Crippen molar-refractivity contribution in [1.82, 2.24) is 13.9 Å². The van der Waals surface area contributed by atoms with Crippen LogP contribution in [-0.4, -0.2) is 34.4 Å². The number of hydrogen-bond acceptors (Lipinski definition) is 6. The zero-order valence-electron chi connectivity index (χ0n) is 17.1. The largest absolute Gasteiger partial charge is 0.494 e. The lowest BCUT2D eigenvalue weighted by Crippen LogP contribution is -2.30. The predicted octanol–water partition coefficient (Wildman–Crippen LogP) is 2.95. The van der Waals surface area contributed by atoms with Gasteiger partial charge in [0.2, 0.25) is 15.9 Å². The van der Waals surface area contributed by atoms with Crippen LogP contribution in [0.3, 0.4) is 0 Å². The lowest BCUT2D eigenvalue weighted by molar-refractivity contribution is 0.399. The highest BCUT2D eigenvalue weighted by Crippen LogP contribution is 2.21. The molecule has 1 heterocycles. The topological polar surface area (TPSA) is 106 Å². The number of aromatic hydroxyl groups is 1. The van der Waals surface area contributed by atoms with Crippen molar-refractivity contribution in [3.05, 3.63) is 45.0 Å². The summed E-state index contributed by atoms with van der Waals surface area (Å²) < 4.78 is 30.1. The molecule has 0 aliphatic heterocycles. The van der Waals surface area contributed by atoms with E-state index in [1.807, 2.05) is 6.92 Å². The Labute approximate surface area is 175 Å². The number of sulfonamides is 1. The maximum atomic E-state index is 12.8. The van der Waals surface area contributed by atoms with Crippen LogP contribution in [-0.2, 0) is 23.1 Å².